The number of hydrogen-bond acceptors (Lipinski definition) is 4. The van der Waals surface area contributed by atoms with Crippen LogP contribution >= 0.6 is 11.6 Å². The van der Waals surface area contributed by atoms with Crippen LogP contribution in [0.1, 0.15) is 43.6 Å². The molecule has 0 bridgehead atoms. The molecule has 2 aliphatic rings. The Morgan fingerprint density at radius 3 is 2.68 bits per heavy atom. The van der Waals surface area contributed by atoms with E-state index in [-0.39, 0.29) is 0 Å². The SMILES string of the molecule is COc1ncc(Cl)cc1C1CCN(C2CCCN(C(=O)O)CC2)CC1. The van der Waals surface area contributed by atoms with Crippen molar-refractivity contribution in [2.75, 3.05) is 33.3 Å². The van der Waals surface area contributed by atoms with Crippen molar-refractivity contribution in [1.29, 1.82) is 0 Å². The van der Waals surface area contributed by atoms with Crippen LogP contribution in [0.25, 0.3) is 0 Å². The molecule has 1 aromatic rings. The van der Waals surface area contributed by atoms with Gasteiger partial charge in [-0.2, -0.15) is 0 Å². The van der Waals surface area contributed by atoms with Crippen molar-refractivity contribution in [2.45, 2.75) is 44.1 Å². The number of carbonyl (C=O) groups is 1. The number of piperidine rings is 1. The first-order valence-corrected chi connectivity index (χ1v) is 9.37. The Bertz CT molecular complexity index is 605. The number of rotatable bonds is 3. The van der Waals surface area contributed by atoms with Crippen LogP contribution < -0.4 is 4.74 Å². The maximum atomic E-state index is 11.2. The number of halogens is 1. The largest absolute Gasteiger partial charge is 0.481 e. The zero-order valence-electron chi connectivity index (χ0n) is 14.7. The van der Waals surface area contributed by atoms with Crippen LogP contribution in [0.15, 0.2) is 12.3 Å². The number of ether oxygens (including phenoxy) is 1. The summed E-state index contributed by atoms with van der Waals surface area (Å²) in [6.45, 7) is 3.36. The molecule has 7 heteroatoms. The van der Waals surface area contributed by atoms with E-state index in [9.17, 15) is 9.90 Å². The molecule has 138 valence electrons. The zero-order chi connectivity index (χ0) is 17.8. The third-order valence-corrected chi connectivity index (χ3v) is 5.70. The number of aromatic nitrogens is 1. The van der Waals surface area contributed by atoms with Crippen molar-refractivity contribution in [3.05, 3.63) is 22.8 Å². The highest BCUT2D eigenvalue weighted by molar-refractivity contribution is 6.30. The van der Waals surface area contributed by atoms with Gasteiger partial charge in [0, 0.05) is 30.9 Å². The van der Waals surface area contributed by atoms with E-state index >= 15 is 0 Å². The van der Waals surface area contributed by atoms with Gasteiger partial charge in [0.25, 0.3) is 0 Å². The monoisotopic (exact) mass is 367 g/mol. The molecular weight excluding hydrogens is 342 g/mol. The number of likely N-dealkylation sites (tertiary alicyclic amines) is 2. The molecule has 2 saturated heterocycles. The second kappa shape index (κ2) is 8.23. The Balaban J connectivity index is 1.59. The van der Waals surface area contributed by atoms with Crippen molar-refractivity contribution in [2.24, 2.45) is 0 Å². The topological polar surface area (TPSA) is 65.9 Å². The fraction of sp³-hybridized carbons (Fsp3) is 0.667. The van der Waals surface area contributed by atoms with Crippen LogP contribution in [0.2, 0.25) is 5.02 Å². The number of carboxylic acid groups (broad SMARTS) is 1. The minimum absolute atomic E-state index is 0.415. The van der Waals surface area contributed by atoms with Gasteiger partial charge < -0.3 is 19.6 Å². The Labute approximate surface area is 153 Å². The lowest BCUT2D eigenvalue weighted by Crippen LogP contribution is -2.41. The number of methoxy groups -OCH3 is 1. The highest BCUT2D eigenvalue weighted by atomic mass is 35.5. The molecule has 2 aliphatic heterocycles. The van der Waals surface area contributed by atoms with Crippen LogP contribution in [0, 0.1) is 0 Å². The summed E-state index contributed by atoms with van der Waals surface area (Å²) in [7, 11) is 1.65. The predicted molar refractivity (Wildman–Crippen MR) is 96.6 cm³/mol. The first kappa shape index (κ1) is 18.3. The Hall–Kier alpha value is -1.53. The zero-order valence-corrected chi connectivity index (χ0v) is 15.4. The molecule has 6 nitrogen and oxygen atoms in total. The van der Waals surface area contributed by atoms with Gasteiger partial charge in [-0.25, -0.2) is 9.78 Å². The van der Waals surface area contributed by atoms with Crippen molar-refractivity contribution in [1.82, 2.24) is 14.8 Å². The molecule has 1 N–H and O–H groups in total. The fourth-order valence-corrected chi connectivity index (χ4v) is 4.28. The summed E-state index contributed by atoms with van der Waals surface area (Å²) in [5, 5.41) is 9.83. The smallest absolute Gasteiger partial charge is 0.407 e. The number of pyridine rings is 1. The molecule has 3 heterocycles. The van der Waals surface area contributed by atoms with E-state index < -0.39 is 6.09 Å². The van der Waals surface area contributed by atoms with Crippen molar-refractivity contribution in [3.63, 3.8) is 0 Å². The summed E-state index contributed by atoms with van der Waals surface area (Å²) in [5.74, 6) is 1.09. The van der Waals surface area contributed by atoms with E-state index in [1.165, 1.54) is 0 Å². The van der Waals surface area contributed by atoms with E-state index in [1.54, 1.807) is 18.2 Å². The molecule has 0 aromatic carbocycles. The summed E-state index contributed by atoms with van der Waals surface area (Å²) in [4.78, 5) is 19.5. The molecular formula is C18H26ClN3O3. The second-order valence-electron chi connectivity index (χ2n) is 6.92. The number of amides is 1. The first-order chi connectivity index (χ1) is 12.1. The third-order valence-electron chi connectivity index (χ3n) is 5.49. The molecule has 0 saturated carbocycles. The Morgan fingerprint density at radius 1 is 1.24 bits per heavy atom. The molecule has 1 atom stereocenters. The van der Waals surface area contributed by atoms with Crippen LogP contribution in [-0.4, -0.2) is 65.3 Å². The van der Waals surface area contributed by atoms with Gasteiger partial charge in [0.05, 0.1) is 12.1 Å². The molecule has 3 rings (SSSR count). The molecule has 0 aliphatic carbocycles. The van der Waals surface area contributed by atoms with Crippen LogP contribution in [0.5, 0.6) is 5.88 Å². The van der Waals surface area contributed by atoms with Gasteiger partial charge in [-0.1, -0.05) is 11.6 Å². The summed E-state index contributed by atoms with van der Waals surface area (Å²) >= 11 is 6.12. The second-order valence-corrected chi connectivity index (χ2v) is 7.35. The Kier molecular flexibility index (Phi) is 6.02. The average molecular weight is 368 g/mol. The third kappa shape index (κ3) is 4.36. The van der Waals surface area contributed by atoms with Crippen molar-refractivity contribution < 1.29 is 14.6 Å². The summed E-state index contributed by atoms with van der Waals surface area (Å²) in [6, 6.07) is 2.47. The van der Waals surface area contributed by atoms with Crippen LogP contribution in [0.4, 0.5) is 4.79 Å². The van der Waals surface area contributed by atoms with Gasteiger partial charge >= 0.3 is 6.09 Å². The lowest BCUT2D eigenvalue weighted by molar-refractivity contribution is 0.131. The molecule has 1 unspecified atom stereocenters. The van der Waals surface area contributed by atoms with Gasteiger partial charge in [-0.15, -0.1) is 0 Å². The summed E-state index contributed by atoms with van der Waals surface area (Å²) in [6.07, 6.45) is 5.89. The van der Waals surface area contributed by atoms with Gasteiger partial charge in [-0.05, 0) is 57.2 Å². The first-order valence-electron chi connectivity index (χ1n) is 9.00. The standard InChI is InChI=1S/C18H26ClN3O3/c1-25-17-16(11-14(19)12-20-17)13-4-8-21(9-5-13)15-3-2-7-22(10-6-15)18(23)24/h11-13,15H,2-10H2,1H3,(H,23,24). The molecule has 25 heavy (non-hydrogen) atoms. The minimum Gasteiger partial charge on any atom is -0.481 e. The molecule has 2 fully saturated rings. The Morgan fingerprint density at radius 2 is 2.00 bits per heavy atom. The van der Waals surface area contributed by atoms with Crippen LogP contribution in [-0.2, 0) is 0 Å². The lowest BCUT2D eigenvalue weighted by Gasteiger charge is -2.37. The normalized spacial score (nSPS) is 23.3. The van der Waals surface area contributed by atoms with E-state index in [0.717, 1.165) is 50.8 Å². The highest BCUT2D eigenvalue weighted by Gasteiger charge is 2.29. The molecule has 0 radical (unpaired) electrons. The van der Waals surface area contributed by atoms with Crippen molar-refractivity contribution in [3.8, 4) is 5.88 Å². The van der Waals surface area contributed by atoms with Gasteiger partial charge in [0.15, 0.2) is 0 Å². The van der Waals surface area contributed by atoms with Crippen LogP contribution in [0.3, 0.4) is 0 Å². The average Bonchev–Trinajstić information content (AvgIpc) is 2.88. The van der Waals surface area contributed by atoms with Gasteiger partial charge in [-0.3, -0.25) is 0 Å². The lowest BCUT2D eigenvalue weighted by atomic mass is 9.88. The van der Waals surface area contributed by atoms with Gasteiger partial charge in [0.1, 0.15) is 0 Å². The highest BCUT2D eigenvalue weighted by Crippen LogP contribution is 2.35. The summed E-state index contributed by atoms with van der Waals surface area (Å²) < 4.78 is 5.40. The molecule has 1 aromatic heterocycles. The maximum absolute atomic E-state index is 11.2. The van der Waals surface area contributed by atoms with E-state index in [0.29, 0.717) is 36.0 Å². The maximum Gasteiger partial charge on any atom is 0.407 e. The van der Waals surface area contributed by atoms with E-state index in [1.807, 2.05) is 6.07 Å². The number of nitrogens with zero attached hydrogens (tertiary/aromatic N) is 3. The van der Waals surface area contributed by atoms with E-state index in [2.05, 4.69) is 9.88 Å². The van der Waals surface area contributed by atoms with E-state index in [4.69, 9.17) is 16.3 Å². The van der Waals surface area contributed by atoms with Gasteiger partial charge in [0.2, 0.25) is 5.88 Å². The predicted octanol–water partition coefficient (Wildman–Crippen LogP) is 3.46. The molecule has 0 spiro atoms. The number of hydrogen-bond donors (Lipinski definition) is 1. The van der Waals surface area contributed by atoms with Crippen molar-refractivity contribution >= 4 is 17.7 Å². The molecule has 1 amide bonds. The summed E-state index contributed by atoms with van der Waals surface area (Å²) in [5.41, 5.74) is 1.10. The quantitative estimate of drug-likeness (QED) is 0.886. The fourth-order valence-electron chi connectivity index (χ4n) is 4.12. The minimum atomic E-state index is -0.792.